The molecule has 1 heterocycles. The SMILES string of the molecule is CNC(CC1=CCCCC1)c1sccc1Br. The smallest absolute Gasteiger partial charge is 0.0461 e. The van der Waals surface area contributed by atoms with E-state index in [-0.39, 0.29) is 0 Å². The predicted octanol–water partition coefficient (Wildman–Crippen LogP) is 4.66. The zero-order valence-corrected chi connectivity index (χ0v) is 12.0. The molecule has 3 heteroatoms. The van der Waals surface area contributed by atoms with Crippen LogP contribution in [0.15, 0.2) is 27.6 Å². The standard InChI is InChI=1S/C13H18BrNS/c1-15-12(13-11(14)7-8-16-13)9-10-5-3-2-4-6-10/h5,7-8,12,15H,2-4,6,9H2,1H3. The lowest BCUT2D eigenvalue weighted by Gasteiger charge is -2.20. The molecule has 0 saturated carbocycles. The van der Waals surface area contributed by atoms with E-state index in [1.54, 1.807) is 5.57 Å². The Morgan fingerprint density at radius 3 is 2.94 bits per heavy atom. The van der Waals surface area contributed by atoms with Gasteiger partial charge in [0.1, 0.15) is 0 Å². The maximum absolute atomic E-state index is 3.62. The Bertz CT molecular complexity index is 370. The van der Waals surface area contributed by atoms with E-state index in [2.05, 4.69) is 45.8 Å². The summed E-state index contributed by atoms with van der Waals surface area (Å²) in [7, 11) is 2.06. The van der Waals surface area contributed by atoms with Gasteiger partial charge in [-0.1, -0.05) is 11.6 Å². The molecule has 1 nitrogen and oxygen atoms in total. The van der Waals surface area contributed by atoms with Crippen molar-refractivity contribution in [2.24, 2.45) is 0 Å². The van der Waals surface area contributed by atoms with Crippen molar-refractivity contribution >= 4 is 27.3 Å². The Labute approximate surface area is 110 Å². The van der Waals surface area contributed by atoms with Gasteiger partial charge in [0, 0.05) is 15.4 Å². The fraction of sp³-hybridized carbons (Fsp3) is 0.538. The van der Waals surface area contributed by atoms with Gasteiger partial charge in [0.2, 0.25) is 0 Å². The Balaban J connectivity index is 2.06. The molecule has 0 fully saturated rings. The molecule has 88 valence electrons. The first-order valence-electron chi connectivity index (χ1n) is 5.89. The first-order chi connectivity index (χ1) is 7.81. The van der Waals surface area contributed by atoms with E-state index in [4.69, 9.17) is 0 Å². The highest BCUT2D eigenvalue weighted by Crippen LogP contribution is 2.34. The molecule has 16 heavy (non-hydrogen) atoms. The van der Waals surface area contributed by atoms with E-state index < -0.39 is 0 Å². The molecule has 0 aliphatic heterocycles. The maximum Gasteiger partial charge on any atom is 0.0461 e. The van der Waals surface area contributed by atoms with Crippen molar-refractivity contribution in [1.82, 2.24) is 5.32 Å². The quantitative estimate of drug-likeness (QED) is 0.797. The molecule has 0 saturated heterocycles. The number of halogens is 1. The van der Waals surface area contributed by atoms with Gasteiger partial charge in [0.05, 0.1) is 0 Å². The van der Waals surface area contributed by atoms with Crippen molar-refractivity contribution < 1.29 is 0 Å². The third-order valence-corrected chi connectivity index (χ3v) is 5.15. The Morgan fingerprint density at radius 2 is 2.38 bits per heavy atom. The van der Waals surface area contributed by atoms with E-state index >= 15 is 0 Å². The van der Waals surface area contributed by atoms with Crippen molar-refractivity contribution in [3.63, 3.8) is 0 Å². The molecule has 1 atom stereocenters. The summed E-state index contributed by atoms with van der Waals surface area (Å²) in [6.45, 7) is 0. The highest BCUT2D eigenvalue weighted by atomic mass is 79.9. The van der Waals surface area contributed by atoms with Crippen LogP contribution < -0.4 is 5.32 Å². The predicted molar refractivity (Wildman–Crippen MR) is 75.0 cm³/mol. The van der Waals surface area contributed by atoms with Gasteiger partial charge in [-0.2, -0.15) is 0 Å². The van der Waals surface area contributed by atoms with E-state index in [1.807, 2.05) is 11.3 Å². The van der Waals surface area contributed by atoms with Crippen molar-refractivity contribution in [3.8, 4) is 0 Å². The van der Waals surface area contributed by atoms with Gasteiger partial charge in [-0.3, -0.25) is 0 Å². The van der Waals surface area contributed by atoms with Crippen LogP contribution in [0.3, 0.4) is 0 Å². The first kappa shape index (κ1) is 12.3. The molecule has 1 aliphatic carbocycles. The minimum Gasteiger partial charge on any atom is -0.312 e. The summed E-state index contributed by atoms with van der Waals surface area (Å²) in [6, 6.07) is 2.61. The molecule has 0 bridgehead atoms. The molecule has 0 aromatic carbocycles. The summed E-state index contributed by atoms with van der Waals surface area (Å²) < 4.78 is 1.24. The van der Waals surface area contributed by atoms with E-state index in [0.717, 1.165) is 6.42 Å². The van der Waals surface area contributed by atoms with Gasteiger partial charge in [-0.15, -0.1) is 11.3 Å². The number of nitrogens with one attached hydrogen (secondary N) is 1. The summed E-state index contributed by atoms with van der Waals surface area (Å²) in [5.74, 6) is 0. The second kappa shape index (κ2) is 5.99. The summed E-state index contributed by atoms with van der Waals surface area (Å²) in [5.41, 5.74) is 1.63. The average Bonchev–Trinajstić information content (AvgIpc) is 2.74. The fourth-order valence-electron chi connectivity index (χ4n) is 2.23. The number of rotatable bonds is 4. The lowest BCUT2D eigenvalue weighted by atomic mass is 9.94. The topological polar surface area (TPSA) is 12.0 Å². The lowest BCUT2D eigenvalue weighted by molar-refractivity contribution is 0.565. The van der Waals surface area contributed by atoms with Crippen molar-refractivity contribution in [3.05, 3.63) is 32.4 Å². The van der Waals surface area contributed by atoms with E-state index in [1.165, 1.54) is 35.0 Å². The van der Waals surface area contributed by atoms with Gasteiger partial charge < -0.3 is 5.32 Å². The largest absolute Gasteiger partial charge is 0.312 e. The summed E-state index contributed by atoms with van der Waals surface area (Å²) >= 11 is 5.46. The van der Waals surface area contributed by atoms with Crippen LogP contribution in [-0.4, -0.2) is 7.05 Å². The van der Waals surface area contributed by atoms with E-state index in [9.17, 15) is 0 Å². The fourth-order valence-corrected chi connectivity index (χ4v) is 3.99. The Kier molecular flexibility index (Phi) is 4.62. The van der Waals surface area contributed by atoms with Crippen LogP contribution in [-0.2, 0) is 0 Å². The number of hydrogen-bond acceptors (Lipinski definition) is 2. The summed E-state index contributed by atoms with van der Waals surface area (Å²) in [6.07, 6.45) is 8.91. The monoisotopic (exact) mass is 299 g/mol. The summed E-state index contributed by atoms with van der Waals surface area (Å²) in [4.78, 5) is 1.42. The van der Waals surface area contributed by atoms with Gasteiger partial charge in [-0.25, -0.2) is 0 Å². The van der Waals surface area contributed by atoms with Crippen LogP contribution in [0.5, 0.6) is 0 Å². The molecule has 2 rings (SSSR count). The molecule has 0 amide bonds. The van der Waals surface area contributed by atoms with Gasteiger partial charge in [-0.05, 0) is 66.5 Å². The second-order valence-electron chi connectivity index (χ2n) is 4.29. The normalized spacial score (nSPS) is 18.2. The molecule has 1 aromatic heterocycles. The van der Waals surface area contributed by atoms with Crippen molar-refractivity contribution in [2.75, 3.05) is 7.05 Å². The molecular weight excluding hydrogens is 282 g/mol. The van der Waals surface area contributed by atoms with Crippen LogP contribution in [0, 0.1) is 0 Å². The van der Waals surface area contributed by atoms with Gasteiger partial charge >= 0.3 is 0 Å². The Hall–Kier alpha value is -0.120. The third kappa shape index (κ3) is 2.96. The van der Waals surface area contributed by atoms with Crippen LogP contribution in [0.2, 0.25) is 0 Å². The molecule has 1 unspecified atom stereocenters. The minimum atomic E-state index is 0.471. The number of allylic oxidation sites excluding steroid dienone is 1. The zero-order chi connectivity index (χ0) is 11.4. The number of thiophene rings is 1. The van der Waals surface area contributed by atoms with E-state index in [0.29, 0.717) is 6.04 Å². The zero-order valence-electron chi connectivity index (χ0n) is 9.63. The minimum absolute atomic E-state index is 0.471. The van der Waals surface area contributed by atoms with Crippen LogP contribution >= 0.6 is 27.3 Å². The molecule has 1 N–H and O–H groups in total. The molecule has 0 spiro atoms. The first-order valence-corrected chi connectivity index (χ1v) is 7.56. The maximum atomic E-state index is 3.62. The van der Waals surface area contributed by atoms with Gasteiger partial charge in [0.15, 0.2) is 0 Å². The third-order valence-electron chi connectivity index (χ3n) is 3.16. The van der Waals surface area contributed by atoms with Gasteiger partial charge in [0.25, 0.3) is 0 Å². The summed E-state index contributed by atoms with van der Waals surface area (Å²) in [5, 5.41) is 5.58. The lowest BCUT2D eigenvalue weighted by Crippen LogP contribution is -2.16. The highest BCUT2D eigenvalue weighted by molar-refractivity contribution is 9.10. The van der Waals surface area contributed by atoms with Crippen molar-refractivity contribution in [1.29, 1.82) is 0 Å². The van der Waals surface area contributed by atoms with Crippen molar-refractivity contribution in [2.45, 2.75) is 38.1 Å². The molecule has 0 radical (unpaired) electrons. The average molecular weight is 300 g/mol. The molecule has 1 aromatic rings. The van der Waals surface area contributed by atoms with Crippen LogP contribution in [0.1, 0.15) is 43.0 Å². The van der Waals surface area contributed by atoms with Crippen LogP contribution in [0.25, 0.3) is 0 Å². The number of hydrogen-bond donors (Lipinski definition) is 1. The second-order valence-corrected chi connectivity index (χ2v) is 6.09. The molecular formula is C13H18BrNS. The molecule has 1 aliphatic rings. The highest BCUT2D eigenvalue weighted by Gasteiger charge is 2.16. The van der Waals surface area contributed by atoms with Crippen LogP contribution in [0.4, 0.5) is 0 Å². The Morgan fingerprint density at radius 1 is 1.50 bits per heavy atom.